The van der Waals surface area contributed by atoms with Gasteiger partial charge in [0.1, 0.15) is 0 Å². The number of ether oxygens (including phenoxy) is 2. The highest BCUT2D eigenvalue weighted by Crippen LogP contribution is 2.19. The minimum atomic E-state index is -0.548. The summed E-state index contributed by atoms with van der Waals surface area (Å²) in [6.45, 7) is 6.41. The lowest BCUT2D eigenvalue weighted by Crippen LogP contribution is -2.39. The van der Waals surface area contributed by atoms with Crippen LogP contribution in [0.15, 0.2) is 24.3 Å². The maximum absolute atomic E-state index is 10.3. The summed E-state index contributed by atoms with van der Waals surface area (Å²) in [5.41, 5.74) is 1.87. The number of benzene rings is 1. The van der Waals surface area contributed by atoms with Gasteiger partial charge < -0.3 is 19.5 Å². The van der Waals surface area contributed by atoms with Crippen LogP contribution in [-0.4, -0.2) is 49.7 Å². The van der Waals surface area contributed by atoms with E-state index in [-0.39, 0.29) is 12.1 Å². The Balaban J connectivity index is 1.86. The Morgan fingerprint density at radius 3 is 2.96 bits per heavy atom. The van der Waals surface area contributed by atoms with Crippen molar-refractivity contribution in [2.45, 2.75) is 44.9 Å². The Bertz CT molecular complexity index is 518. The number of nitrogens with zero attached hydrogens (tertiary/aromatic N) is 1. The highest BCUT2D eigenvalue weighted by atomic mass is 16.5. The first-order chi connectivity index (χ1) is 11.1. The zero-order valence-corrected chi connectivity index (χ0v) is 14.1. The van der Waals surface area contributed by atoms with E-state index in [0.29, 0.717) is 19.8 Å². The molecule has 0 spiro atoms. The van der Waals surface area contributed by atoms with Crippen molar-refractivity contribution in [3.8, 4) is 12.3 Å². The molecule has 0 aromatic heterocycles. The van der Waals surface area contributed by atoms with Gasteiger partial charge in [0.25, 0.3) is 0 Å². The van der Waals surface area contributed by atoms with Gasteiger partial charge in [0.05, 0.1) is 25.4 Å². The lowest BCUT2D eigenvalue weighted by molar-refractivity contribution is -0.0152. The molecule has 0 radical (unpaired) electrons. The van der Waals surface area contributed by atoms with Gasteiger partial charge in [-0.1, -0.05) is 12.0 Å². The molecule has 2 atom stereocenters. The van der Waals surface area contributed by atoms with Crippen molar-refractivity contribution in [2.24, 2.45) is 0 Å². The summed E-state index contributed by atoms with van der Waals surface area (Å²) in [7, 11) is 0. The van der Waals surface area contributed by atoms with Crippen molar-refractivity contribution in [3.05, 3.63) is 29.8 Å². The summed E-state index contributed by atoms with van der Waals surface area (Å²) in [5.74, 6) is 2.65. The van der Waals surface area contributed by atoms with Gasteiger partial charge in [0, 0.05) is 30.4 Å². The second-order valence-electron chi connectivity index (χ2n) is 6.27. The number of aliphatic hydroxyl groups is 1. The number of hydrogen-bond donors (Lipinski definition) is 1. The Hall–Kier alpha value is -1.54. The van der Waals surface area contributed by atoms with Crippen LogP contribution in [0.5, 0.6) is 0 Å². The maximum Gasteiger partial charge on any atom is 0.0948 e. The molecule has 1 aliphatic rings. The van der Waals surface area contributed by atoms with E-state index in [1.54, 1.807) is 0 Å². The molecular formula is C19H27NO3. The van der Waals surface area contributed by atoms with Gasteiger partial charge in [-0.05, 0) is 44.9 Å². The molecule has 1 aliphatic heterocycles. The second-order valence-corrected chi connectivity index (χ2v) is 6.27. The minimum absolute atomic E-state index is 0.190. The quantitative estimate of drug-likeness (QED) is 0.748. The van der Waals surface area contributed by atoms with Crippen LogP contribution < -0.4 is 4.90 Å². The monoisotopic (exact) mass is 317 g/mol. The molecule has 0 aliphatic carbocycles. The first-order valence-electron chi connectivity index (χ1n) is 8.31. The van der Waals surface area contributed by atoms with E-state index in [1.807, 2.05) is 24.3 Å². The summed E-state index contributed by atoms with van der Waals surface area (Å²) in [5, 5.41) is 10.3. The normalized spacial score (nSPS) is 18.8. The fourth-order valence-corrected chi connectivity index (χ4v) is 2.78. The lowest BCUT2D eigenvalue weighted by atomic mass is 10.1. The summed E-state index contributed by atoms with van der Waals surface area (Å²) in [4.78, 5) is 2.14. The van der Waals surface area contributed by atoms with E-state index >= 15 is 0 Å². The third kappa shape index (κ3) is 5.54. The van der Waals surface area contributed by atoms with Gasteiger partial charge in [-0.2, -0.15) is 0 Å². The minimum Gasteiger partial charge on any atom is -0.389 e. The Kier molecular flexibility index (Phi) is 6.91. The standard InChI is InChI=1S/C19H27NO3/c1-4-16-7-5-8-17(11-16)20(15(2)3)12-18(21)13-22-14-19-9-6-10-23-19/h1,5,7-8,11,15,18-19,21H,6,9-10,12-14H2,2-3H3. The maximum atomic E-state index is 10.3. The molecule has 126 valence electrons. The molecule has 23 heavy (non-hydrogen) atoms. The molecule has 4 heteroatoms. The second kappa shape index (κ2) is 8.93. The van der Waals surface area contributed by atoms with Crippen molar-refractivity contribution in [1.82, 2.24) is 0 Å². The van der Waals surface area contributed by atoms with Gasteiger partial charge in [0.15, 0.2) is 0 Å². The van der Waals surface area contributed by atoms with E-state index in [4.69, 9.17) is 15.9 Å². The van der Waals surface area contributed by atoms with Crippen LogP contribution in [0.3, 0.4) is 0 Å². The highest BCUT2D eigenvalue weighted by molar-refractivity contribution is 5.52. The first kappa shape index (κ1) is 17.8. The van der Waals surface area contributed by atoms with Crippen LogP contribution in [0, 0.1) is 12.3 Å². The van der Waals surface area contributed by atoms with Crippen LogP contribution in [0.1, 0.15) is 32.3 Å². The first-order valence-corrected chi connectivity index (χ1v) is 8.31. The molecule has 4 nitrogen and oxygen atoms in total. The summed E-state index contributed by atoms with van der Waals surface area (Å²) in [6.07, 6.45) is 7.26. The SMILES string of the molecule is C#Cc1cccc(N(CC(O)COCC2CCCO2)C(C)C)c1. The molecular weight excluding hydrogens is 290 g/mol. The molecule has 1 aromatic carbocycles. The number of anilines is 1. The van der Waals surface area contributed by atoms with Gasteiger partial charge >= 0.3 is 0 Å². The highest BCUT2D eigenvalue weighted by Gasteiger charge is 2.18. The third-order valence-corrected chi connectivity index (χ3v) is 4.01. The van der Waals surface area contributed by atoms with E-state index in [9.17, 15) is 5.11 Å². The van der Waals surface area contributed by atoms with Crippen LogP contribution in [-0.2, 0) is 9.47 Å². The largest absolute Gasteiger partial charge is 0.389 e. The lowest BCUT2D eigenvalue weighted by Gasteiger charge is -2.31. The van der Waals surface area contributed by atoms with Gasteiger partial charge in [-0.25, -0.2) is 0 Å². The van der Waals surface area contributed by atoms with Crippen molar-refractivity contribution < 1.29 is 14.6 Å². The molecule has 1 aromatic rings. The summed E-state index contributed by atoms with van der Waals surface area (Å²) < 4.78 is 11.1. The molecule has 0 saturated carbocycles. The van der Waals surface area contributed by atoms with E-state index in [2.05, 4.69) is 24.7 Å². The molecule has 1 saturated heterocycles. The van der Waals surface area contributed by atoms with Crippen molar-refractivity contribution in [1.29, 1.82) is 0 Å². The average Bonchev–Trinajstić information content (AvgIpc) is 3.05. The smallest absolute Gasteiger partial charge is 0.0948 e. The third-order valence-electron chi connectivity index (χ3n) is 4.01. The molecule has 2 unspecified atom stereocenters. The van der Waals surface area contributed by atoms with Crippen molar-refractivity contribution >= 4 is 5.69 Å². The number of rotatable bonds is 8. The van der Waals surface area contributed by atoms with E-state index < -0.39 is 6.10 Å². The van der Waals surface area contributed by atoms with Crippen LogP contribution >= 0.6 is 0 Å². The Morgan fingerprint density at radius 1 is 1.48 bits per heavy atom. The molecule has 1 heterocycles. The molecule has 0 bridgehead atoms. The molecule has 1 fully saturated rings. The predicted molar refractivity (Wildman–Crippen MR) is 92.7 cm³/mol. The zero-order valence-electron chi connectivity index (χ0n) is 14.1. The fourth-order valence-electron chi connectivity index (χ4n) is 2.78. The van der Waals surface area contributed by atoms with Gasteiger partial charge in [-0.15, -0.1) is 6.42 Å². The van der Waals surface area contributed by atoms with E-state index in [0.717, 1.165) is 30.7 Å². The number of hydrogen-bond acceptors (Lipinski definition) is 4. The summed E-state index contributed by atoms with van der Waals surface area (Å²) >= 11 is 0. The Morgan fingerprint density at radius 2 is 2.30 bits per heavy atom. The molecule has 1 N–H and O–H groups in total. The van der Waals surface area contributed by atoms with Crippen LogP contribution in [0.25, 0.3) is 0 Å². The fraction of sp³-hybridized carbons (Fsp3) is 0.579. The topological polar surface area (TPSA) is 41.9 Å². The van der Waals surface area contributed by atoms with Crippen molar-refractivity contribution in [3.63, 3.8) is 0 Å². The summed E-state index contributed by atoms with van der Waals surface area (Å²) in [6, 6.07) is 8.10. The predicted octanol–water partition coefficient (Wildman–Crippen LogP) is 2.44. The number of aliphatic hydroxyl groups excluding tert-OH is 1. The Labute approximate surface area is 139 Å². The van der Waals surface area contributed by atoms with Gasteiger partial charge in [-0.3, -0.25) is 0 Å². The van der Waals surface area contributed by atoms with Crippen LogP contribution in [0.4, 0.5) is 5.69 Å². The average molecular weight is 317 g/mol. The van der Waals surface area contributed by atoms with Gasteiger partial charge in [0.2, 0.25) is 0 Å². The number of terminal acetylenes is 1. The van der Waals surface area contributed by atoms with Crippen molar-refractivity contribution in [2.75, 3.05) is 31.3 Å². The molecule has 2 rings (SSSR count). The zero-order chi connectivity index (χ0) is 16.7. The molecule has 0 amide bonds. The van der Waals surface area contributed by atoms with Crippen LogP contribution in [0.2, 0.25) is 0 Å². The van der Waals surface area contributed by atoms with E-state index in [1.165, 1.54) is 0 Å².